The quantitative estimate of drug-likeness (QED) is 0.907. The SMILES string of the molecule is O=C(NC1COCC1C(=O)O)c1cc2c(F)cccc2s1. The maximum atomic E-state index is 13.6. The van der Waals surface area contributed by atoms with Crippen molar-refractivity contribution < 1.29 is 23.8 Å². The molecular weight excluding hydrogens is 297 g/mol. The molecule has 0 radical (unpaired) electrons. The number of nitrogens with one attached hydrogen (secondary N) is 1. The van der Waals surface area contributed by atoms with Gasteiger partial charge in [-0.25, -0.2) is 4.39 Å². The minimum absolute atomic E-state index is 0.0846. The van der Waals surface area contributed by atoms with Crippen molar-refractivity contribution in [3.05, 3.63) is 35.0 Å². The van der Waals surface area contributed by atoms with Crippen molar-refractivity contribution in [2.24, 2.45) is 5.92 Å². The van der Waals surface area contributed by atoms with Gasteiger partial charge in [-0.3, -0.25) is 9.59 Å². The molecule has 3 rings (SSSR count). The van der Waals surface area contributed by atoms with Crippen molar-refractivity contribution in [1.29, 1.82) is 0 Å². The molecule has 2 unspecified atom stereocenters. The van der Waals surface area contributed by atoms with E-state index in [0.29, 0.717) is 15.0 Å². The molecule has 0 bridgehead atoms. The third kappa shape index (κ3) is 2.62. The van der Waals surface area contributed by atoms with Crippen molar-refractivity contribution in [2.45, 2.75) is 6.04 Å². The number of halogens is 1. The summed E-state index contributed by atoms with van der Waals surface area (Å²) in [6.07, 6.45) is 0. The number of ether oxygens (including phenoxy) is 1. The molecule has 1 saturated heterocycles. The first-order valence-corrected chi connectivity index (χ1v) is 7.17. The van der Waals surface area contributed by atoms with E-state index in [1.54, 1.807) is 12.1 Å². The lowest BCUT2D eigenvalue weighted by molar-refractivity contribution is -0.142. The normalized spacial score (nSPS) is 21.6. The Balaban J connectivity index is 1.81. The van der Waals surface area contributed by atoms with Gasteiger partial charge >= 0.3 is 5.97 Å². The van der Waals surface area contributed by atoms with E-state index >= 15 is 0 Å². The number of amides is 1. The Kier molecular flexibility index (Phi) is 3.60. The smallest absolute Gasteiger partial charge is 0.311 e. The van der Waals surface area contributed by atoms with Crippen LogP contribution in [0.3, 0.4) is 0 Å². The van der Waals surface area contributed by atoms with Gasteiger partial charge in [0.15, 0.2) is 0 Å². The Morgan fingerprint density at radius 1 is 1.38 bits per heavy atom. The average molecular weight is 309 g/mol. The fourth-order valence-electron chi connectivity index (χ4n) is 2.32. The second kappa shape index (κ2) is 5.42. The number of benzene rings is 1. The number of carboxylic acids is 1. The molecule has 1 aliphatic heterocycles. The van der Waals surface area contributed by atoms with Crippen LogP contribution >= 0.6 is 11.3 Å². The Hall–Kier alpha value is -1.99. The second-order valence-corrected chi connectivity index (χ2v) is 5.91. The third-order valence-electron chi connectivity index (χ3n) is 3.45. The topological polar surface area (TPSA) is 75.6 Å². The van der Waals surface area contributed by atoms with Gasteiger partial charge in [-0.1, -0.05) is 6.07 Å². The molecule has 110 valence electrons. The summed E-state index contributed by atoms with van der Waals surface area (Å²) in [5.41, 5.74) is 0. The molecule has 21 heavy (non-hydrogen) atoms. The number of rotatable bonds is 3. The van der Waals surface area contributed by atoms with Gasteiger partial charge < -0.3 is 15.2 Å². The summed E-state index contributed by atoms with van der Waals surface area (Å²) in [5.74, 6) is -2.53. The highest BCUT2D eigenvalue weighted by molar-refractivity contribution is 7.20. The molecule has 2 heterocycles. The van der Waals surface area contributed by atoms with Crippen LogP contribution in [0.25, 0.3) is 10.1 Å². The van der Waals surface area contributed by atoms with Crippen LogP contribution in [0.2, 0.25) is 0 Å². The Labute approximate surface area is 123 Å². The lowest BCUT2D eigenvalue weighted by atomic mass is 10.0. The van der Waals surface area contributed by atoms with Crippen LogP contribution in [0.4, 0.5) is 4.39 Å². The average Bonchev–Trinajstić information content (AvgIpc) is 3.05. The summed E-state index contributed by atoms with van der Waals surface area (Å²) in [6, 6.07) is 5.57. The molecular formula is C14H12FNO4S. The second-order valence-electron chi connectivity index (χ2n) is 4.82. The molecule has 1 amide bonds. The molecule has 1 aromatic heterocycles. The number of carbonyl (C=O) groups is 2. The number of aliphatic carboxylic acids is 1. The van der Waals surface area contributed by atoms with Crippen molar-refractivity contribution in [3.8, 4) is 0 Å². The van der Waals surface area contributed by atoms with Gasteiger partial charge in [0.05, 0.1) is 24.1 Å². The first-order valence-electron chi connectivity index (χ1n) is 6.35. The molecule has 0 spiro atoms. The van der Waals surface area contributed by atoms with Crippen LogP contribution in [0.1, 0.15) is 9.67 Å². The Bertz CT molecular complexity index is 714. The van der Waals surface area contributed by atoms with Crippen molar-refractivity contribution in [2.75, 3.05) is 13.2 Å². The fraction of sp³-hybridized carbons (Fsp3) is 0.286. The van der Waals surface area contributed by atoms with E-state index in [0.717, 1.165) is 0 Å². The molecule has 7 heteroatoms. The molecule has 1 aromatic carbocycles. The van der Waals surface area contributed by atoms with Crippen LogP contribution in [-0.4, -0.2) is 36.2 Å². The Morgan fingerprint density at radius 3 is 2.90 bits per heavy atom. The van der Waals surface area contributed by atoms with E-state index in [1.165, 1.54) is 23.5 Å². The van der Waals surface area contributed by atoms with E-state index in [9.17, 15) is 14.0 Å². The molecule has 1 fully saturated rings. The molecule has 2 atom stereocenters. The van der Waals surface area contributed by atoms with Crippen molar-refractivity contribution >= 4 is 33.3 Å². The zero-order valence-corrected chi connectivity index (χ0v) is 11.7. The largest absolute Gasteiger partial charge is 0.481 e. The first-order chi connectivity index (χ1) is 10.1. The fourth-order valence-corrected chi connectivity index (χ4v) is 3.29. The van der Waals surface area contributed by atoms with Gasteiger partial charge in [-0.05, 0) is 18.2 Å². The Morgan fingerprint density at radius 2 is 2.19 bits per heavy atom. The van der Waals surface area contributed by atoms with Crippen LogP contribution in [0.5, 0.6) is 0 Å². The lowest BCUT2D eigenvalue weighted by Crippen LogP contribution is -2.42. The van der Waals surface area contributed by atoms with Crippen LogP contribution in [-0.2, 0) is 9.53 Å². The maximum absolute atomic E-state index is 13.6. The monoisotopic (exact) mass is 309 g/mol. The number of carbonyl (C=O) groups excluding carboxylic acids is 1. The summed E-state index contributed by atoms with van der Waals surface area (Å²) >= 11 is 1.17. The lowest BCUT2D eigenvalue weighted by Gasteiger charge is -2.14. The minimum Gasteiger partial charge on any atom is -0.481 e. The molecule has 5 nitrogen and oxygen atoms in total. The number of hydrogen-bond donors (Lipinski definition) is 2. The number of fused-ring (bicyclic) bond motifs is 1. The van der Waals surface area contributed by atoms with Crippen molar-refractivity contribution in [3.63, 3.8) is 0 Å². The number of carboxylic acid groups (broad SMARTS) is 1. The highest BCUT2D eigenvalue weighted by Gasteiger charge is 2.35. The van der Waals surface area contributed by atoms with Crippen molar-refractivity contribution in [1.82, 2.24) is 5.32 Å². The van der Waals surface area contributed by atoms with Gasteiger partial charge in [0.25, 0.3) is 5.91 Å². The summed E-state index contributed by atoms with van der Waals surface area (Å²) in [6.45, 7) is 0.253. The summed E-state index contributed by atoms with van der Waals surface area (Å²) in [4.78, 5) is 23.6. The summed E-state index contributed by atoms with van der Waals surface area (Å²) in [5, 5.41) is 12.1. The highest BCUT2D eigenvalue weighted by atomic mass is 32.1. The van der Waals surface area contributed by atoms with Crippen LogP contribution in [0, 0.1) is 11.7 Å². The third-order valence-corrected chi connectivity index (χ3v) is 4.55. The zero-order valence-electron chi connectivity index (χ0n) is 10.8. The predicted molar refractivity (Wildman–Crippen MR) is 75.0 cm³/mol. The molecule has 2 N–H and O–H groups in total. The standard InChI is InChI=1S/C14H12FNO4S/c15-9-2-1-3-11-7(9)4-12(21-11)13(17)16-10-6-20-5-8(10)14(18)19/h1-4,8,10H,5-6H2,(H,16,17)(H,18,19). The van der Waals surface area contributed by atoms with Gasteiger partial charge in [0.1, 0.15) is 11.7 Å². The van der Waals surface area contributed by atoms with Gasteiger partial charge in [0.2, 0.25) is 0 Å². The molecule has 0 saturated carbocycles. The van der Waals surface area contributed by atoms with Crippen LogP contribution in [0.15, 0.2) is 24.3 Å². The van der Waals surface area contributed by atoms with E-state index < -0.39 is 23.8 Å². The molecule has 1 aliphatic rings. The predicted octanol–water partition coefficient (Wildman–Crippen LogP) is 1.87. The number of thiophene rings is 1. The first kappa shape index (κ1) is 14.0. The minimum atomic E-state index is -1.000. The number of hydrogen-bond acceptors (Lipinski definition) is 4. The highest BCUT2D eigenvalue weighted by Crippen LogP contribution is 2.28. The van der Waals surface area contributed by atoms with E-state index in [2.05, 4.69) is 5.32 Å². The molecule has 0 aliphatic carbocycles. The van der Waals surface area contributed by atoms with E-state index in [1.807, 2.05) is 0 Å². The zero-order chi connectivity index (χ0) is 15.0. The molecule has 2 aromatic rings. The van der Waals surface area contributed by atoms with Gasteiger partial charge in [-0.2, -0.15) is 0 Å². The van der Waals surface area contributed by atoms with Gasteiger partial charge in [-0.15, -0.1) is 11.3 Å². The van der Waals surface area contributed by atoms with E-state index in [-0.39, 0.29) is 19.0 Å². The van der Waals surface area contributed by atoms with E-state index in [4.69, 9.17) is 9.84 Å². The van der Waals surface area contributed by atoms with Gasteiger partial charge in [0, 0.05) is 10.1 Å². The summed E-state index contributed by atoms with van der Waals surface area (Å²) in [7, 11) is 0. The maximum Gasteiger partial charge on any atom is 0.311 e. The van der Waals surface area contributed by atoms with Crippen LogP contribution < -0.4 is 5.32 Å². The summed E-state index contributed by atoms with van der Waals surface area (Å²) < 4.78 is 19.4.